The first-order chi connectivity index (χ1) is 14.2. The van der Waals surface area contributed by atoms with E-state index in [1.807, 2.05) is 29.2 Å². The fraction of sp³-hybridized carbons (Fsp3) is 0.190. The lowest BCUT2D eigenvalue weighted by molar-refractivity contribution is 0.0746. The first kappa shape index (κ1) is 18.4. The third kappa shape index (κ3) is 4.30. The molecule has 1 aromatic carbocycles. The van der Waals surface area contributed by atoms with Crippen molar-refractivity contribution < 1.29 is 4.79 Å². The van der Waals surface area contributed by atoms with Gasteiger partial charge in [0.2, 0.25) is 0 Å². The van der Waals surface area contributed by atoms with E-state index in [0.717, 1.165) is 11.5 Å². The number of carbonyl (C=O) groups excluding carboxylic acids is 1. The summed E-state index contributed by atoms with van der Waals surface area (Å²) in [6.07, 6.45) is 3.42. The van der Waals surface area contributed by atoms with Crippen LogP contribution in [-0.4, -0.2) is 52.2 Å². The van der Waals surface area contributed by atoms with Crippen molar-refractivity contribution >= 4 is 23.2 Å². The number of carbonyl (C=O) groups is 1. The van der Waals surface area contributed by atoms with Crippen LogP contribution < -0.4 is 10.2 Å². The summed E-state index contributed by atoms with van der Waals surface area (Å²) >= 11 is 0. The van der Waals surface area contributed by atoms with Gasteiger partial charge in [-0.05, 0) is 48.5 Å². The molecule has 1 saturated heterocycles. The predicted octanol–water partition coefficient (Wildman–Crippen LogP) is 2.45. The molecule has 0 aliphatic carbocycles. The number of pyridine rings is 1. The summed E-state index contributed by atoms with van der Waals surface area (Å²) in [6.45, 7) is 2.59. The van der Waals surface area contributed by atoms with Crippen LogP contribution in [0.15, 0.2) is 60.9 Å². The maximum atomic E-state index is 12.6. The van der Waals surface area contributed by atoms with Crippen LogP contribution in [0.1, 0.15) is 15.9 Å². The number of nitrogens with zero attached hydrogens (tertiary/aromatic N) is 6. The smallest absolute Gasteiger partial charge is 0.253 e. The summed E-state index contributed by atoms with van der Waals surface area (Å²) in [5.41, 5.74) is 2.05. The van der Waals surface area contributed by atoms with E-state index < -0.39 is 0 Å². The Morgan fingerprint density at radius 3 is 2.28 bits per heavy atom. The quantitative estimate of drug-likeness (QED) is 0.736. The Morgan fingerprint density at radius 1 is 0.931 bits per heavy atom. The maximum absolute atomic E-state index is 12.6. The maximum Gasteiger partial charge on any atom is 0.253 e. The van der Waals surface area contributed by atoms with Crippen LogP contribution in [-0.2, 0) is 0 Å². The van der Waals surface area contributed by atoms with E-state index in [4.69, 9.17) is 5.26 Å². The molecule has 4 rings (SSSR count). The number of nitrogens with one attached hydrogen (secondary N) is 1. The minimum atomic E-state index is -0.0166. The van der Waals surface area contributed by atoms with Gasteiger partial charge in [0.1, 0.15) is 0 Å². The summed E-state index contributed by atoms with van der Waals surface area (Å²) in [4.78, 5) is 20.6. The summed E-state index contributed by atoms with van der Waals surface area (Å²) in [5, 5.41) is 20.6. The van der Waals surface area contributed by atoms with Gasteiger partial charge < -0.3 is 15.1 Å². The minimum Gasteiger partial charge on any atom is -0.352 e. The van der Waals surface area contributed by atoms with Crippen molar-refractivity contribution in [3.8, 4) is 6.07 Å². The first-order valence-corrected chi connectivity index (χ1v) is 9.28. The SMILES string of the molecule is N#Cc1ccc(C(=O)N2CCN(c3ccc(Nc4ccncc4)nn3)CC2)cc1. The molecule has 1 N–H and O–H groups in total. The number of piperazine rings is 1. The number of aromatic nitrogens is 3. The molecule has 0 spiro atoms. The predicted molar refractivity (Wildman–Crippen MR) is 109 cm³/mol. The summed E-state index contributed by atoms with van der Waals surface area (Å²) in [5.74, 6) is 1.43. The van der Waals surface area contributed by atoms with Crippen LogP contribution >= 0.6 is 0 Å². The molecule has 144 valence electrons. The average Bonchev–Trinajstić information content (AvgIpc) is 2.80. The zero-order valence-electron chi connectivity index (χ0n) is 15.7. The minimum absolute atomic E-state index is 0.0166. The van der Waals surface area contributed by atoms with Crippen LogP contribution in [0, 0.1) is 11.3 Å². The number of hydrogen-bond acceptors (Lipinski definition) is 7. The van der Waals surface area contributed by atoms with Crippen molar-refractivity contribution in [2.75, 3.05) is 36.4 Å². The zero-order chi connectivity index (χ0) is 20.1. The van der Waals surface area contributed by atoms with Gasteiger partial charge in [0.05, 0.1) is 11.6 Å². The molecular weight excluding hydrogens is 366 g/mol. The molecule has 1 fully saturated rings. The third-order valence-electron chi connectivity index (χ3n) is 4.76. The van der Waals surface area contributed by atoms with Gasteiger partial charge in [-0.15, -0.1) is 10.2 Å². The van der Waals surface area contributed by atoms with Crippen LogP contribution in [0.25, 0.3) is 0 Å². The van der Waals surface area contributed by atoms with Crippen molar-refractivity contribution in [1.82, 2.24) is 20.1 Å². The lowest BCUT2D eigenvalue weighted by Gasteiger charge is -2.35. The van der Waals surface area contributed by atoms with Crippen molar-refractivity contribution in [3.05, 3.63) is 72.1 Å². The Balaban J connectivity index is 1.34. The molecule has 0 atom stereocenters. The van der Waals surface area contributed by atoms with Gasteiger partial charge in [-0.25, -0.2) is 0 Å². The van der Waals surface area contributed by atoms with Gasteiger partial charge in [-0.2, -0.15) is 5.26 Å². The summed E-state index contributed by atoms with van der Waals surface area (Å²) < 4.78 is 0. The van der Waals surface area contributed by atoms with E-state index in [9.17, 15) is 4.79 Å². The van der Waals surface area contributed by atoms with Crippen LogP contribution in [0.5, 0.6) is 0 Å². The number of anilines is 3. The first-order valence-electron chi connectivity index (χ1n) is 9.28. The fourth-order valence-corrected chi connectivity index (χ4v) is 3.15. The molecule has 3 heterocycles. The van der Waals surface area contributed by atoms with Gasteiger partial charge >= 0.3 is 0 Å². The molecule has 0 unspecified atom stereocenters. The lowest BCUT2D eigenvalue weighted by atomic mass is 10.1. The van der Waals surface area contributed by atoms with E-state index in [1.54, 1.807) is 36.7 Å². The number of nitriles is 1. The number of amides is 1. The molecule has 1 aliphatic heterocycles. The van der Waals surface area contributed by atoms with Crippen molar-refractivity contribution in [2.24, 2.45) is 0 Å². The van der Waals surface area contributed by atoms with Gasteiger partial charge in [0.25, 0.3) is 5.91 Å². The molecule has 29 heavy (non-hydrogen) atoms. The van der Waals surface area contributed by atoms with E-state index in [-0.39, 0.29) is 5.91 Å². The van der Waals surface area contributed by atoms with Crippen LogP contribution in [0.4, 0.5) is 17.3 Å². The van der Waals surface area contributed by atoms with Crippen molar-refractivity contribution in [2.45, 2.75) is 0 Å². The molecule has 8 nitrogen and oxygen atoms in total. The third-order valence-corrected chi connectivity index (χ3v) is 4.76. The van der Waals surface area contributed by atoms with Crippen LogP contribution in [0.3, 0.4) is 0 Å². The zero-order valence-corrected chi connectivity index (χ0v) is 15.7. The fourth-order valence-electron chi connectivity index (χ4n) is 3.15. The van der Waals surface area contributed by atoms with Crippen molar-refractivity contribution in [1.29, 1.82) is 5.26 Å². The highest BCUT2D eigenvalue weighted by atomic mass is 16.2. The lowest BCUT2D eigenvalue weighted by Crippen LogP contribution is -2.49. The Morgan fingerprint density at radius 2 is 1.66 bits per heavy atom. The molecular formula is C21H19N7O. The molecule has 3 aromatic rings. The molecule has 0 saturated carbocycles. The van der Waals surface area contributed by atoms with Gasteiger partial charge in [0, 0.05) is 49.8 Å². The normalized spacial score (nSPS) is 13.6. The van der Waals surface area contributed by atoms with Crippen molar-refractivity contribution in [3.63, 3.8) is 0 Å². The highest BCUT2D eigenvalue weighted by Crippen LogP contribution is 2.18. The second-order valence-electron chi connectivity index (χ2n) is 6.61. The van der Waals surface area contributed by atoms with Gasteiger partial charge in [-0.1, -0.05) is 0 Å². The molecule has 1 amide bonds. The highest BCUT2D eigenvalue weighted by molar-refractivity contribution is 5.94. The van der Waals surface area contributed by atoms with E-state index in [2.05, 4.69) is 31.5 Å². The average molecular weight is 385 g/mol. The Kier molecular flexibility index (Phi) is 5.29. The molecule has 0 bridgehead atoms. The standard InChI is InChI=1S/C21H19N7O/c22-15-16-1-3-17(4-2-16)21(29)28-13-11-27(12-14-28)20-6-5-19(25-26-20)24-18-7-9-23-10-8-18/h1-10H,11-14H2,(H,23,24,25). The van der Waals surface area contributed by atoms with E-state index in [0.29, 0.717) is 43.1 Å². The molecule has 2 aromatic heterocycles. The number of rotatable bonds is 4. The summed E-state index contributed by atoms with van der Waals surface area (Å²) in [6, 6.07) is 16.3. The monoisotopic (exact) mass is 385 g/mol. The van der Waals surface area contributed by atoms with Crippen LogP contribution in [0.2, 0.25) is 0 Å². The Labute approximate surface area is 168 Å². The Hall–Kier alpha value is -3.99. The number of hydrogen-bond donors (Lipinski definition) is 1. The van der Waals surface area contributed by atoms with E-state index >= 15 is 0 Å². The largest absolute Gasteiger partial charge is 0.352 e. The number of benzene rings is 1. The summed E-state index contributed by atoms with van der Waals surface area (Å²) in [7, 11) is 0. The van der Waals surface area contributed by atoms with Gasteiger partial charge in [0.15, 0.2) is 11.6 Å². The van der Waals surface area contributed by atoms with E-state index in [1.165, 1.54) is 0 Å². The Bertz CT molecular complexity index is 1010. The second kappa shape index (κ2) is 8.35. The van der Waals surface area contributed by atoms with Gasteiger partial charge in [-0.3, -0.25) is 9.78 Å². The highest BCUT2D eigenvalue weighted by Gasteiger charge is 2.23. The molecule has 1 aliphatic rings. The molecule has 0 radical (unpaired) electrons. The second-order valence-corrected chi connectivity index (χ2v) is 6.61. The molecule has 8 heteroatoms. The topological polar surface area (TPSA) is 98.0 Å².